The molecule has 2 heterocycles. The molecule has 7 nitrogen and oxygen atoms in total. The van der Waals surface area contributed by atoms with E-state index in [2.05, 4.69) is 39.4 Å². The van der Waals surface area contributed by atoms with Crippen molar-refractivity contribution >= 4 is 11.6 Å². The van der Waals surface area contributed by atoms with Crippen LogP contribution < -0.4 is 11.1 Å². The molecule has 0 aromatic carbocycles. The maximum absolute atomic E-state index is 5.93. The second-order valence-corrected chi connectivity index (χ2v) is 5.04. The minimum Gasteiger partial charge on any atom is -0.383 e. The van der Waals surface area contributed by atoms with Crippen molar-refractivity contribution in [3.8, 4) is 0 Å². The number of aromatic nitrogens is 5. The van der Waals surface area contributed by atoms with Crippen molar-refractivity contribution in [2.75, 3.05) is 17.6 Å². The van der Waals surface area contributed by atoms with E-state index in [-0.39, 0.29) is 5.92 Å². The van der Waals surface area contributed by atoms with Crippen LogP contribution in [0.3, 0.4) is 0 Å². The zero-order valence-corrected chi connectivity index (χ0v) is 12.2. The summed E-state index contributed by atoms with van der Waals surface area (Å²) in [5, 5.41) is 11.0. The van der Waals surface area contributed by atoms with Crippen LogP contribution >= 0.6 is 0 Å². The molecule has 108 valence electrons. The van der Waals surface area contributed by atoms with Crippen molar-refractivity contribution in [2.45, 2.75) is 39.7 Å². The summed E-state index contributed by atoms with van der Waals surface area (Å²) in [6, 6.07) is 0. The van der Waals surface area contributed by atoms with Crippen molar-refractivity contribution in [1.29, 1.82) is 0 Å². The zero-order valence-electron chi connectivity index (χ0n) is 12.2. The Morgan fingerprint density at radius 2 is 2.15 bits per heavy atom. The Morgan fingerprint density at radius 1 is 1.35 bits per heavy atom. The van der Waals surface area contributed by atoms with E-state index in [1.807, 2.05) is 17.8 Å². The molecule has 2 rings (SSSR count). The van der Waals surface area contributed by atoms with Crippen LogP contribution in [0.25, 0.3) is 0 Å². The first-order valence-electron chi connectivity index (χ1n) is 6.80. The second-order valence-electron chi connectivity index (χ2n) is 5.04. The molecule has 7 heteroatoms. The minimum absolute atomic E-state index is 0.258. The van der Waals surface area contributed by atoms with E-state index in [0.717, 1.165) is 36.7 Å². The van der Waals surface area contributed by atoms with E-state index in [4.69, 9.17) is 5.73 Å². The number of nitrogens with one attached hydrogen (secondary N) is 1. The van der Waals surface area contributed by atoms with Gasteiger partial charge >= 0.3 is 0 Å². The summed E-state index contributed by atoms with van der Waals surface area (Å²) in [6.45, 7) is 7.66. The molecule has 0 saturated heterocycles. The molecule has 0 saturated carbocycles. The monoisotopic (exact) mass is 275 g/mol. The molecular formula is C13H21N7. The fraction of sp³-hybridized carbons (Fsp3) is 0.538. The Kier molecular flexibility index (Phi) is 4.49. The summed E-state index contributed by atoms with van der Waals surface area (Å²) in [6.07, 6.45) is 4.46. The van der Waals surface area contributed by atoms with Gasteiger partial charge in [0.2, 0.25) is 0 Å². The highest BCUT2D eigenvalue weighted by Crippen LogP contribution is 2.20. The predicted molar refractivity (Wildman–Crippen MR) is 78.4 cm³/mol. The zero-order chi connectivity index (χ0) is 14.5. The lowest BCUT2D eigenvalue weighted by atomic mass is 10.2. The molecule has 2 aromatic rings. The molecule has 2 aromatic heterocycles. The van der Waals surface area contributed by atoms with Gasteiger partial charge in [0.25, 0.3) is 0 Å². The molecule has 0 aliphatic rings. The van der Waals surface area contributed by atoms with Crippen LogP contribution in [-0.4, -0.2) is 31.5 Å². The third-order valence-electron chi connectivity index (χ3n) is 3.05. The van der Waals surface area contributed by atoms with Gasteiger partial charge in [0.1, 0.15) is 17.5 Å². The molecule has 0 bridgehead atoms. The predicted octanol–water partition coefficient (Wildman–Crippen LogP) is 1.58. The van der Waals surface area contributed by atoms with E-state index in [9.17, 15) is 0 Å². The minimum atomic E-state index is 0.258. The van der Waals surface area contributed by atoms with Crippen molar-refractivity contribution in [2.24, 2.45) is 0 Å². The number of hydrogen-bond donors (Lipinski definition) is 2. The summed E-state index contributed by atoms with van der Waals surface area (Å²) in [5.74, 6) is 2.39. The van der Waals surface area contributed by atoms with Crippen LogP contribution in [0.1, 0.15) is 37.6 Å². The van der Waals surface area contributed by atoms with Gasteiger partial charge in [-0.2, -0.15) is 0 Å². The smallest absolute Gasteiger partial charge is 0.135 e. The molecule has 0 aliphatic heterocycles. The number of nitrogens with zero attached hydrogens (tertiary/aromatic N) is 5. The number of aryl methyl sites for hydroxylation is 1. The molecule has 0 spiro atoms. The molecule has 0 radical (unpaired) electrons. The molecular weight excluding hydrogens is 254 g/mol. The van der Waals surface area contributed by atoms with Crippen LogP contribution in [0, 0.1) is 6.92 Å². The standard InChI is InChI=1S/C13H21N7/c1-9(2)12-17-11(14)10(3)13(18-12)15-5-4-7-20-8-6-16-19-20/h6,8-9H,4-5,7H2,1-3H3,(H3,14,15,17,18). The largest absolute Gasteiger partial charge is 0.383 e. The van der Waals surface area contributed by atoms with E-state index in [1.165, 1.54) is 0 Å². The number of nitrogen functional groups attached to an aromatic ring is 1. The number of hydrogen-bond acceptors (Lipinski definition) is 6. The second kappa shape index (κ2) is 6.31. The fourth-order valence-corrected chi connectivity index (χ4v) is 1.78. The first-order chi connectivity index (χ1) is 9.58. The molecule has 3 N–H and O–H groups in total. The van der Waals surface area contributed by atoms with E-state index < -0.39 is 0 Å². The quantitative estimate of drug-likeness (QED) is 0.777. The third kappa shape index (κ3) is 3.43. The van der Waals surface area contributed by atoms with Gasteiger partial charge in [0, 0.05) is 30.8 Å². The number of anilines is 2. The van der Waals surface area contributed by atoms with Crippen LogP contribution in [0.2, 0.25) is 0 Å². The Balaban J connectivity index is 1.94. The maximum atomic E-state index is 5.93. The SMILES string of the molecule is Cc1c(N)nc(C(C)C)nc1NCCCn1ccnn1. The van der Waals surface area contributed by atoms with Crippen molar-refractivity contribution < 1.29 is 0 Å². The van der Waals surface area contributed by atoms with Gasteiger partial charge in [-0.1, -0.05) is 19.1 Å². The van der Waals surface area contributed by atoms with Gasteiger partial charge in [-0.25, -0.2) is 9.97 Å². The maximum Gasteiger partial charge on any atom is 0.135 e. The van der Waals surface area contributed by atoms with Gasteiger partial charge in [-0.15, -0.1) is 5.10 Å². The number of nitrogens with two attached hydrogens (primary N) is 1. The van der Waals surface area contributed by atoms with Gasteiger partial charge in [0.15, 0.2) is 0 Å². The Labute approximate surface area is 118 Å². The van der Waals surface area contributed by atoms with Gasteiger partial charge < -0.3 is 11.1 Å². The van der Waals surface area contributed by atoms with Crippen LogP contribution in [0.15, 0.2) is 12.4 Å². The fourth-order valence-electron chi connectivity index (χ4n) is 1.78. The van der Waals surface area contributed by atoms with Gasteiger partial charge in [0.05, 0.1) is 6.20 Å². The molecule has 0 amide bonds. The highest BCUT2D eigenvalue weighted by molar-refractivity contribution is 5.54. The lowest BCUT2D eigenvalue weighted by Gasteiger charge is -2.13. The summed E-state index contributed by atoms with van der Waals surface area (Å²) < 4.78 is 1.81. The number of rotatable bonds is 6. The summed E-state index contributed by atoms with van der Waals surface area (Å²) >= 11 is 0. The lowest BCUT2D eigenvalue weighted by molar-refractivity contribution is 0.569. The molecule has 0 atom stereocenters. The summed E-state index contributed by atoms with van der Waals surface area (Å²) in [5.41, 5.74) is 6.83. The average molecular weight is 275 g/mol. The van der Waals surface area contributed by atoms with Crippen LogP contribution in [0.5, 0.6) is 0 Å². The third-order valence-corrected chi connectivity index (χ3v) is 3.05. The molecule has 20 heavy (non-hydrogen) atoms. The van der Waals surface area contributed by atoms with Gasteiger partial charge in [-0.3, -0.25) is 4.68 Å². The van der Waals surface area contributed by atoms with Gasteiger partial charge in [-0.05, 0) is 13.3 Å². The highest BCUT2D eigenvalue weighted by atomic mass is 15.4. The lowest BCUT2D eigenvalue weighted by Crippen LogP contribution is -2.13. The first-order valence-corrected chi connectivity index (χ1v) is 6.80. The molecule has 0 aliphatic carbocycles. The van der Waals surface area contributed by atoms with Crippen molar-refractivity contribution in [1.82, 2.24) is 25.0 Å². The first kappa shape index (κ1) is 14.2. The van der Waals surface area contributed by atoms with Crippen molar-refractivity contribution in [3.05, 3.63) is 23.8 Å². The van der Waals surface area contributed by atoms with Crippen molar-refractivity contribution in [3.63, 3.8) is 0 Å². The highest BCUT2D eigenvalue weighted by Gasteiger charge is 2.10. The Morgan fingerprint density at radius 3 is 2.80 bits per heavy atom. The Bertz CT molecular complexity index is 548. The van der Waals surface area contributed by atoms with E-state index in [0.29, 0.717) is 5.82 Å². The van der Waals surface area contributed by atoms with E-state index >= 15 is 0 Å². The average Bonchev–Trinajstić information content (AvgIpc) is 2.92. The van der Waals surface area contributed by atoms with E-state index in [1.54, 1.807) is 6.20 Å². The van der Waals surface area contributed by atoms with Crippen LogP contribution in [-0.2, 0) is 6.54 Å². The molecule has 0 unspecified atom stereocenters. The summed E-state index contributed by atoms with van der Waals surface area (Å²) in [7, 11) is 0. The summed E-state index contributed by atoms with van der Waals surface area (Å²) in [4.78, 5) is 8.84. The van der Waals surface area contributed by atoms with Crippen LogP contribution in [0.4, 0.5) is 11.6 Å². The molecule has 0 fully saturated rings. The normalized spacial score (nSPS) is 11.0. The topological polar surface area (TPSA) is 94.5 Å². The Hall–Kier alpha value is -2.18.